The number of ketones is 1. The molecule has 0 aliphatic carbocycles. The van der Waals surface area contributed by atoms with Crippen LogP contribution >= 0.6 is 11.8 Å². The number of Topliss-reactive ketones (excluding diaryl/α,β-unsaturated/α-hetero) is 1. The van der Waals surface area contributed by atoms with E-state index in [1.54, 1.807) is 24.3 Å². The minimum Gasteiger partial charge on any atom is -0.504 e. The number of carbonyl (C=O) groups excluding carboxylic acids is 1. The van der Waals surface area contributed by atoms with Crippen LogP contribution in [0.5, 0.6) is 11.5 Å². The van der Waals surface area contributed by atoms with Gasteiger partial charge in [-0.15, -0.1) is 11.8 Å². The van der Waals surface area contributed by atoms with Crippen LogP contribution in [-0.4, -0.2) is 23.8 Å². The summed E-state index contributed by atoms with van der Waals surface area (Å²) in [6.45, 7) is 0. The van der Waals surface area contributed by atoms with Gasteiger partial charge in [-0.05, 0) is 42.0 Å². The lowest BCUT2D eigenvalue weighted by Crippen LogP contribution is -2.12. The van der Waals surface area contributed by atoms with E-state index >= 15 is 0 Å². The third kappa shape index (κ3) is 2.72. The van der Waals surface area contributed by atoms with Crippen LogP contribution in [0.2, 0.25) is 0 Å². The lowest BCUT2D eigenvalue weighted by molar-refractivity contribution is 0.103. The molecule has 1 N–H and O–H groups in total. The Morgan fingerprint density at radius 3 is 2.86 bits per heavy atom. The summed E-state index contributed by atoms with van der Waals surface area (Å²) in [4.78, 5) is 13.3. The van der Waals surface area contributed by atoms with Crippen molar-refractivity contribution in [3.63, 3.8) is 0 Å². The second-order valence-electron chi connectivity index (χ2n) is 4.86. The number of fused-ring (bicyclic) bond motifs is 1. The molecule has 0 amide bonds. The zero-order chi connectivity index (χ0) is 15.7. The van der Waals surface area contributed by atoms with Gasteiger partial charge in [0, 0.05) is 21.8 Å². The predicted octanol–water partition coefficient (Wildman–Crippen LogP) is 3.91. The molecule has 2 aromatic carbocycles. The highest BCUT2D eigenvalue weighted by Crippen LogP contribution is 2.34. The normalized spacial score (nSPS) is 15.7. The Morgan fingerprint density at radius 1 is 1.27 bits per heavy atom. The lowest BCUT2D eigenvalue weighted by Gasteiger charge is -2.17. The van der Waals surface area contributed by atoms with E-state index in [1.807, 2.05) is 0 Å². The molecular formula is C17H13FO3S. The molecular weight excluding hydrogens is 303 g/mol. The van der Waals surface area contributed by atoms with Crippen LogP contribution in [0.3, 0.4) is 0 Å². The monoisotopic (exact) mass is 316 g/mol. The maximum absolute atomic E-state index is 13.3. The molecule has 0 aromatic heterocycles. The largest absolute Gasteiger partial charge is 0.504 e. The van der Waals surface area contributed by atoms with Crippen LogP contribution < -0.4 is 4.74 Å². The fourth-order valence-corrected chi connectivity index (χ4v) is 3.29. The van der Waals surface area contributed by atoms with Crippen molar-refractivity contribution in [2.75, 3.05) is 12.9 Å². The first-order valence-electron chi connectivity index (χ1n) is 6.63. The van der Waals surface area contributed by atoms with E-state index in [1.165, 1.54) is 37.1 Å². The van der Waals surface area contributed by atoms with Crippen molar-refractivity contribution in [1.29, 1.82) is 0 Å². The van der Waals surface area contributed by atoms with Gasteiger partial charge >= 0.3 is 0 Å². The Kier molecular flexibility index (Phi) is 3.90. The lowest BCUT2D eigenvalue weighted by atomic mass is 10.0. The molecule has 1 aliphatic rings. The highest BCUT2D eigenvalue weighted by Gasteiger charge is 2.23. The van der Waals surface area contributed by atoms with Crippen molar-refractivity contribution in [3.05, 3.63) is 58.9 Å². The number of rotatable bonds is 2. The maximum Gasteiger partial charge on any atom is 0.191 e. The molecule has 3 rings (SSSR count). The van der Waals surface area contributed by atoms with Gasteiger partial charge < -0.3 is 9.84 Å². The topological polar surface area (TPSA) is 46.5 Å². The number of halogens is 1. The van der Waals surface area contributed by atoms with Crippen molar-refractivity contribution in [2.45, 2.75) is 4.90 Å². The van der Waals surface area contributed by atoms with Gasteiger partial charge in [-0.2, -0.15) is 0 Å². The Morgan fingerprint density at radius 2 is 2.09 bits per heavy atom. The highest BCUT2D eigenvalue weighted by atomic mass is 32.2. The van der Waals surface area contributed by atoms with Crippen molar-refractivity contribution < 1.29 is 19.0 Å². The first-order valence-corrected chi connectivity index (χ1v) is 7.61. The molecule has 5 heteroatoms. The van der Waals surface area contributed by atoms with E-state index in [-0.39, 0.29) is 11.5 Å². The number of ether oxygens (including phenoxy) is 1. The molecule has 0 radical (unpaired) electrons. The Balaban J connectivity index is 1.98. The number of benzene rings is 2. The minimum absolute atomic E-state index is 0.0430. The Bertz CT molecular complexity index is 783. The smallest absolute Gasteiger partial charge is 0.191 e. The number of thioether (sulfide) groups is 1. The second-order valence-corrected chi connectivity index (χ2v) is 5.88. The number of aromatic hydroxyl groups is 1. The van der Waals surface area contributed by atoms with Crippen LogP contribution in [0.25, 0.3) is 6.08 Å². The maximum atomic E-state index is 13.3. The number of phenolic OH excluding ortho intramolecular Hbond substituents is 1. The number of carbonyl (C=O) groups is 1. The van der Waals surface area contributed by atoms with Crippen LogP contribution in [-0.2, 0) is 0 Å². The number of methoxy groups -OCH3 is 1. The molecule has 0 bridgehead atoms. The number of hydrogen-bond donors (Lipinski definition) is 1. The van der Waals surface area contributed by atoms with Crippen LogP contribution in [0.15, 0.2) is 46.9 Å². The summed E-state index contributed by atoms with van der Waals surface area (Å²) in [7, 11) is 1.46. The van der Waals surface area contributed by atoms with Gasteiger partial charge in [0.1, 0.15) is 5.82 Å². The standard InChI is InChI=1S/C17H13FO3S/c1-21-15-7-10(2-4-14(15)19)6-11-9-22-16-5-3-12(18)8-13(16)17(11)20/h2-8,19H,9H2,1H3/b11-6+. The third-order valence-corrected chi connectivity index (χ3v) is 4.53. The fraction of sp³-hybridized carbons (Fsp3) is 0.118. The van der Waals surface area contributed by atoms with Crippen molar-refractivity contribution in [1.82, 2.24) is 0 Å². The van der Waals surface area contributed by atoms with E-state index in [0.717, 1.165) is 10.5 Å². The van der Waals surface area contributed by atoms with Crippen LogP contribution in [0.1, 0.15) is 15.9 Å². The molecule has 0 fully saturated rings. The van der Waals surface area contributed by atoms with E-state index in [0.29, 0.717) is 22.6 Å². The van der Waals surface area contributed by atoms with Gasteiger partial charge in [-0.1, -0.05) is 6.07 Å². The van der Waals surface area contributed by atoms with Gasteiger partial charge in [0.2, 0.25) is 0 Å². The van der Waals surface area contributed by atoms with Gasteiger partial charge in [-0.3, -0.25) is 4.79 Å². The average molecular weight is 316 g/mol. The highest BCUT2D eigenvalue weighted by molar-refractivity contribution is 7.99. The summed E-state index contributed by atoms with van der Waals surface area (Å²) < 4.78 is 18.4. The quantitative estimate of drug-likeness (QED) is 0.853. The molecule has 0 saturated carbocycles. The molecule has 1 aliphatic heterocycles. The van der Waals surface area contributed by atoms with Crippen LogP contribution in [0, 0.1) is 5.82 Å². The molecule has 1 heterocycles. The first kappa shape index (κ1) is 14.7. The first-order chi connectivity index (χ1) is 10.6. The summed E-state index contributed by atoms with van der Waals surface area (Å²) >= 11 is 1.51. The number of hydrogen-bond acceptors (Lipinski definition) is 4. The molecule has 0 saturated heterocycles. The molecule has 0 spiro atoms. The average Bonchev–Trinajstić information content (AvgIpc) is 2.52. The van der Waals surface area contributed by atoms with Gasteiger partial charge in [0.15, 0.2) is 17.3 Å². The van der Waals surface area contributed by atoms with E-state index in [9.17, 15) is 14.3 Å². The Hall–Kier alpha value is -2.27. The molecule has 112 valence electrons. The fourth-order valence-electron chi connectivity index (χ4n) is 2.29. The van der Waals surface area contributed by atoms with Gasteiger partial charge in [0.05, 0.1) is 7.11 Å². The van der Waals surface area contributed by atoms with Crippen molar-refractivity contribution in [3.8, 4) is 11.5 Å². The summed E-state index contributed by atoms with van der Waals surface area (Å²) in [5.41, 5.74) is 1.74. The zero-order valence-electron chi connectivity index (χ0n) is 11.8. The molecule has 0 unspecified atom stereocenters. The Labute approximate surface area is 131 Å². The van der Waals surface area contributed by atoms with Crippen molar-refractivity contribution >= 4 is 23.6 Å². The van der Waals surface area contributed by atoms with E-state index in [2.05, 4.69) is 0 Å². The van der Waals surface area contributed by atoms with Crippen LogP contribution in [0.4, 0.5) is 4.39 Å². The number of phenols is 1. The molecule has 0 atom stereocenters. The minimum atomic E-state index is -0.416. The molecule has 3 nitrogen and oxygen atoms in total. The SMILES string of the molecule is COc1cc(/C=C2\CSc3ccc(F)cc3C2=O)ccc1O. The van der Waals surface area contributed by atoms with E-state index < -0.39 is 5.82 Å². The van der Waals surface area contributed by atoms with Gasteiger partial charge in [0.25, 0.3) is 0 Å². The summed E-state index contributed by atoms with van der Waals surface area (Å²) in [5.74, 6) is 0.333. The summed E-state index contributed by atoms with van der Waals surface area (Å²) in [6, 6.07) is 9.13. The predicted molar refractivity (Wildman–Crippen MR) is 84.1 cm³/mol. The molecule has 22 heavy (non-hydrogen) atoms. The summed E-state index contributed by atoms with van der Waals surface area (Å²) in [5, 5.41) is 9.60. The van der Waals surface area contributed by atoms with E-state index in [4.69, 9.17) is 4.74 Å². The van der Waals surface area contributed by atoms with Crippen molar-refractivity contribution in [2.24, 2.45) is 0 Å². The third-order valence-electron chi connectivity index (χ3n) is 3.41. The zero-order valence-corrected chi connectivity index (χ0v) is 12.6. The van der Waals surface area contributed by atoms with Gasteiger partial charge in [-0.25, -0.2) is 4.39 Å². The summed E-state index contributed by atoms with van der Waals surface area (Å²) in [6.07, 6.45) is 1.74. The second kappa shape index (κ2) is 5.85. The molecule has 2 aromatic rings.